The van der Waals surface area contributed by atoms with Crippen molar-refractivity contribution in [3.8, 4) is 5.75 Å². The average molecular weight is 244 g/mol. The second-order valence-corrected chi connectivity index (χ2v) is 3.68. The summed E-state index contributed by atoms with van der Waals surface area (Å²) in [6.07, 6.45) is 1.47. The number of ether oxygens (including phenoxy) is 1. The van der Waals surface area contributed by atoms with Gasteiger partial charge in [0.05, 0.1) is 11.2 Å². The molecule has 1 atom stereocenters. The number of methoxy groups -OCH3 is 1. The maximum Gasteiger partial charge on any atom is 0.119 e. The molecule has 0 aliphatic heterocycles. The average Bonchev–Trinajstić information content (AvgIpc) is 2.83. The molecule has 1 aromatic carbocycles. The van der Waals surface area contributed by atoms with Gasteiger partial charge in [0.15, 0.2) is 0 Å². The summed E-state index contributed by atoms with van der Waals surface area (Å²) in [5, 5.41) is 0.519. The van der Waals surface area contributed by atoms with Gasteiger partial charge < -0.3 is 14.2 Å². The van der Waals surface area contributed by atoms with Crippen molar-refractivity contribution in [2.24, 2.45) is 0 Å². The van der Waals surface area contributed by atoms with Crippen molar-refractivity contribution in [1.29, 1.82) is 0 Å². The maximum absolute atomic E-state index is 7.72. The SMILES string of the molecule is [2H]C([2H])([2H])Oc1ccc2c(ccn2C[C@H](N(C([2H])([2H])[2H])C([2H])([2H])[2H])C([2H])([2H])[2H])c1. The number of likely N-dealkylation sites (N-methyl/N-ethyl adjacent to an activating group) is 1. The number of rotatable bonds is 4. The van der Waals surface area contributed by atoms with E-state index in [0.717, 1.165) is 0 Å². The molecule has 0 aliphatic rings. The van der Waals surface area contributed by atoms with E-state index in [1.165, 1.54) is 29.0 Å². The Bertz CT molecular complexity index is 831. The lowest BCUT2D eigenvalue weighted by molar-refractivity contribution is 0.286. The molecule has 2 aromatic rings. The van der Waals surface area contributed by atoms with Crippen LogP contribution in [0.25, 0.3) is 10.9 Å². The fraction of sp³-hybridized carbons (Fsp3) is 0.429. The Morgan fingerprint density at radius 1 is 1.41 bits per heavy atom. The van der Waals surface area contributed by atoms with E-state index in [1.54, 1.807) is 6.07 Å². The minimum Gasteiger partial charge on any atom is -0.497 e. The summed E-state index contributed by atoms with van der Waals surface area (Å²) < 4.78 is 96.0. The number of aromatic nitrogens is 1. The highest BCUT2D eigenvalue weighted by Crippen LogP contribution is 2.22. The summed E-state index contributed by atoms with van der Waals surface area (Å²) in [7, 11) is -2.64. The predicted molar refractivity (Wildman–Crippen MR) is 71.6 cm³/mol. The van der Waals surface area contributed by atoms with Crippen molar-refractivity contribution in [2.45, 2.75) is 19.4 Å². The number of fused-ring (bicyclic) bond motifs is 1. The summed E-state index contributed by atoms with van der Waals surface area (Å²) in [5.41, 5.74) is 0.466. The van der Waals surface area contributed by atoms with Crippen LogP contribution in [0.3, 0.4) is 0 Å². The van der Waals surface area contributed by atoms with Crippen LogP contribution in [0.1, 0.15) is 23.3 Å². The highest BCUT2D eigenvalue weighted by atomic mass is 16.5. The van der Waals surface area contributed by atoms with Crippen molar-refractivity contribution in [2.75, 3.05) is 21.0 Å². The molecule has 0 spiro atoms. The second kappa shape index (κ2) is 4.80. The van der Waals surface area contributed by atoms with Gasteiger partial charge in [0, 0.05) is 42.0 Å². The minimum atomic E-state index is -3.16. The normalized spacial score (nSPS) is 26.6. The number of hydrogen-bond acceptors (Lipinski definition) is 2. The molecule has 0 unspecified atom stereocenters. The van der Waals surface area contributed by atoms with E-state index in [4.69, 9.17) is 21.2 Å². The van der Waals surface area contributed by atoms with E-state index >= 15 is 0 Å². The third-order valence-electron chi connectivity index (χ3n) is 2.54. The van der Waals surface area contributed by atoms with E-state index in [0.29, 0.717) is 10.9 Å². The summed E-state index contributed by atoms with van der Waals surface area (Å²) in [6, 6.07) is 4.04. The lowest BCUT2D eigenvalue weighted by atomic mass is 10.2. The highest BCUT2D eigenvalue weighted by molar-refractivity contribution is 5.81. The van der Waals surface area contributed by atoms with Crippen molar-refractivity contribution in [3.63, 3.8) is 0 Å². The largest absolute Gasteiger partial charge is 0.497 e. The van der Waals surface area contributed by atoms with Gasteiger partial charge in [-0.15, -0.1) is 0 Å². The number of hydrogen-bond donors (Lipinski definition) is 0. The molecular formula is C14H20N2O. The van der Waals surface area contributed by atoms with Crippen molar-refractivity contribution in [3.05, 3.63) is 30.5 Å². The maximum atomic E-state index is 7.72. The van der Waals surface area contributed by atoms with Gasteiger partial charge in [-0.2, -0.15) is 0 Å². The van der Waals surface area contributed by atoms with E-state index in [9.17, 15) is 0 Å². The highest BCUT2D eigenvalue weighted by Gasteiger charge is 2.08. The van der Waals surface area contributed by atoms with E-state index in [1.807, 2.05) is 0 Å². The number of benzene rings is 1. The molecule has 0 N–H and O–H groups in total. The first-order chi connectivity index (χ1) is 12.9. The Labute approximate surface area is 119 Å². The van der Waals surface area contributed by atoms with E-state index < -0.39 is 40.4 Å². The fourth-order valence-electron chi connectivity index (χ4n) is 1.67. The van der Waals surface area contributed by atoms with Crippen LogP contribution in [0, 0.1) is 0 Å². The monoisotopic (exact) mass is 244 g/mol. The lowest BCUT2D eigenvalue weighted by Gasteiger charge is -2.20. The molecule has 0 bridgehead atoms. The third-order valence-corrected chi connectivity index (χ3v) is 2.54. The van der Waals surface area contributed by atoms with Crippen molar-refractivity contribution >= 4 is 10.9 Å². The van der Waals surface area contributed by atoms with Gasteiger partial charge in [-0.05, 0) is 45.1 Å². The first-order valence-corrected chi connectivity index (χ1v) is 4.97. The summed E-state index contributed by atoms with van der Waals surface area (Å²) in [6.45, 7) is -9.65. The number of nitrogens with zero attached hydrogens (tertiary/aromatic N) is 2. The fourth-order valence-corrected chi connectivity index (χ4v) is 1.67. The van der Waals surface area contributed by atoms with Crippen LogP contribution in [0.4, 0.5) is 0 Å². The molecule has 0 radical (unpaired) electrons. The molecule has 0 fully saturated rings. The van der Waals surface area contributed by atoms with Crippen LogP contribution in [0.15, 0.2) is 30.5 Å². The lowest BCUT2D eigenvalue weighted by Crippen LogP contribution is -2.28. The third kappa shape index (κ3) is 2.44. The Morgan fingerprint density at radius 3 is 3.12 bits per heavy atom. The molecule has 1 heterocycles. The minimum absolute atomic E-state index is 0.0605. The first-order valence-electron chi connectivity index (χ1n) is 11.0. The molecule has 1 aromatic heterocycles. The molecule has 0 aliphatic carbocycles. The van der Waals surface area contributed by atoms with Crippen LogP contribution >= 0.6 is 0 Å². The van der Waals surface area contributed by atoms with Gasteiger partial charge in [-0.3, -0.25) is 0 Å². The molecular weight excluding hydrogens is 212 g/mol. The zero-order chi connectivity index (χ0) is 22.4. The molecule has 2 rings (SSSR count). The van der Waals surface area contributed by atoms with Crippen LogP contribution < -0.4 is 4.74 Å². The van der Waals surface area contributed by atoms with Gasteiger partial charge in [0.1, 0.15) is 5.75 Å². The molecule has 0 saturated carbocycles. The second-order valence-electron chi connectivity index (χ2n) is 3.68. The molecule has 17 heavy (non-hydrogen) atoms. The first kappa shape index (κ1) is 4.02. The molecule has 0 saturated heterocycles. The van der Waals surface area contributed by atoms with Crippen LogP contribution in [0.5, 0.6) is 5.75 Å². The van der Waals surface area contributed by atoms with E-state index in [-0.39, 0.29) is 10.6 Å². The van der Waals surface area contributed by atoms with E-state index in [2.05, 4.69) is 0 Å². The van der Waals surface area contributed by atoms with Crippen LogP contribution in [-0.4, -0.2) is 36.5 Å². The van der Waals surface area contributed by atoms with Crippen LogP contribution in [-0.2, 0) is 6.54 Å². The van der Waals surface area contributed by atoms with Gasteiger partial charge >= 0.3 is 0 Å². The zero-order valence-corrected chi connectivity index (χ0v) is 8.97. The molecule has 92 valence electrons. The quantitative estimate of drug-likeness (QED) is 0.822. The smallest absolute Gasteiger partial charge is 0.119 e. The summed E-state index contributed by atoms with van der Waals surface area (Å²) in [4.78, 5) is 0.0605. The molecule has 3 heteroatoms. The Morgan fingerprint density at radius 2 is 2.35 bits per heavy atom. The van der Waals surface area contributed by atoms with Gasteiger partial charge in [0.2, 0.25) is 0 Å². The summed E-state index contributed by atoms with van der Waals surface area (Å²) in [5.74, 6) is 0.0780. The van der Waals surface area contributed by atoms with Gasteiger partial charge in [-0.25, -0.2) is 0 Å². The molecule has 0 amide bonds. The van der Waals surface area contributed by atoms with Crippen molar-refractivity contribution in [1.82, 2.24) is 9.47 Å². The predicted octanol–water partition coefficient (Wildman–Crippen LogP) is 2.60. The topological polar surface area (TPSA) is 17.4 Å². The van der Waals surface area contributed by atoms with Crippen molar-refractivity contribution < 1.29 is 21.2 Å². The van der Waals surface area contributed by atoms with Gasteiger partial charge in [0.25, 0.3) is 0 Å². The Kier molecular flexibility index (Phi) is 1.14. The standard InChI is InChI=1S/C14H20N2O/c1-11(15(2)3)10-16-8-7-12-9-13(17-4)5-6-14(12)16/h5-9,11H,10H2,1-4H3/t11-/m1/s1/i1D3,2D3,3D3,4D3. The molecule has 3 nitrogen and oxygen atoms in total. The summed E-state index contributed by atoms with van der Waals surface area (Å²) >= 11 is 0. The van der Waals surface area contributed by atoms with Crippen LogP contribution in [0.2, 0.25) is 0 Å². The van der Waals surface area contributed by atoms with Gasteiger partial charge in [-0.1, -0.05) is 0 Å². The Balaban J connectivity index is 2.45. The zero-order valence-electron chi connectivity index (χ0n) is 21.0. The Hall–Kier alpha value is -1.48.